The molecule has 1 aromatic rings. The van der Waals surface area contributed by atoms with E-state index in [-0.39, 0.29) is 5.41 Å². The molecule has 1 heterocycles. The second kappa shape index (κ2) is 4.01. The third kappa shape index (κ3) is 2.01. The van der Waals surface area contributed by atoms with Crippen LogP contribution in [0.3, 0.4) is 0 Å². The number of dihydropyridines is 1. The number of rotatable bonds is 2. The van der Waals surface area contributed by atoms with Gasteiger partial charge in [-0.05, 0) is 18.1 Å². The Morgan fingerprint density at radius 3 is 2.53 bits per heavy atom. The van der Waals surface area contributed by atoms with Gasteiger partial charge in [0.25, 0.3) is 0 Å². The summed E-state index contributed by atoms with van der Waals surface area (Å²) in [6.07, 6.45) is 7.18. The third-order valence-corrected chi connectivity index (χ3v) is 3.20. The van der Waals surface area contributed by atoms with Crippen molar-refractivity contribution >= 4 is 6.21 Å². The first-order valence-electron chi connectivity index (χ1n) is 5.45. The lowest BCUT2D eigenvalue weighted by Crippen LogP contribution is -2.32. The van der Waals surface area contributed by atoms with Crippen molar-refractivity contribution in [3.63, 3.8) is 0 Å². The second-order valence-electron chi connectivity index (χ2n) is 4.57. The van der Waals surface area contributed by atoms with E-state index in [2.05, 4.69) is 55.2 Å². The predicted molar refractivity (Wildman–Crippen MR) is 65.5 cm³/mol. The Hall–Kier alpha value is -1.37. The fourth-order valence-electron chi connectivity index (χ4n) is 2.02. The summed E-state index contributed by atoms with van der Waals surface area (Å²) >= 11 is 0. The van der Waals surface area contributed by atoms with Gasteiger partial charge in [-0.15, -0.1) is 0 Å². The summed E-state index contributed by atoms with van der Waals surface area (Å²) in [6, 6.07) is 11.0. The summed E-state index contributed by atoms with van der Waals surface area (Å²) in [6.45, 7) is 4.53. The van der Waals surface area contributed by atoms with E-state index in [4.69, 9.17) is 0 Å². The molecule has 0 saturated carbocycles. The smallest absolute Gasteiger partial charge is 0.0625 e. The molecule has 1 unspecified atom stereocenters. The van der Waals surface area contributed by atoms with Crippen molar-refractivity contribution in [2.45, 2.75) is 31.7 Å². The van der Waals surface area contributed by atoms with Crippen LogP contribution in [-0.2, 0) is 5.41 Å². The molecule has 0 radical (unpaired) electrons. The molecule has 0 amide bonds. The van der Waals surface area contributed by atoms with Crippen LogP contribution in [0.25, 0.3) is 0 Å². The molecule has 78 valence electrons. The van der Waals surface area contributed by atoms with E-state index in [1.807, 2.05) is 12.3 Å². The second-order valence-corrected chi connectivity index (χ2v) is 4.57. The van der Waals surface area contributed by atoms with Crippen molar-refractivity contribution in [3.8, 4) is 0 Å². The summed E-state index contributed by atoms with van der Waals surface area (Å²) in [5.41, 5.74) is 1.48. The Bertz CT molecular complexity index is 374. The molecular weight excluding hydrogens is 182 g/mol. The zero-order valence-corrected chi connectivity index (χ0v) is 9.35. The van der Waals surface area contributed by atoms with Crippen LogP contribution in [0.5, 0.6) is 0 Å². The first-order chi connectivity index (χ1) is 7.21. The van der Waals surface area contributed by atoms with Crippen LogP contribution in [0.15, 0.2) is 47.5 Å². The normalized spacial score (nSPS) is 20.5. The highest BCUT2D eigenvalue weighted by molar-refractivity contribution is 5.72. The molecule has 1 aliphatic rings. The summed E-state index contributed by atoms with van der Waals surface area (Å²) in [7, 11) is 0. The Morgan fingerprint density at radius 1 is 1.20 bits per heavy atom. The van der Waals surface area contributed by atoms with Crippen molar-refractivity contribution in [2.75, 3.05) is 0 Å². The largest absolute Gasteiger partial charge is 0.289 e. The lowest BCUT2D eigenvalue weighted by molar-refractivity contribution is 0.413. The molecule has 0 spiro atoms. The fraction of sp³-hybridized carbons (Fsp3) is 0.357. The molecule has 2 rings (SSSR count). The van der Waals surface area contributed by atoms with Gasteiger partial charge in [0.05, 0.1) is 6.04 Å². The maximum atomic E-state index is 4.57. The van der Waals surface area contributed by atoms with Crippen molar-refractivity contribution in [3.05, 3.63) is 48.0 Å². The van der Waals surface area contributed by atoms with E-state index in [1.54, 1.807) is 0 Å². The minimum absolute atomic E-state index is 0.114. The molecule has 0 bridgehead atoms. The van der Waals surface area contributed by atoms with E-state index in [0.29, 0.717) is 6.04 Å². The average Bonchev–Trinajstić information content (AvgIpc) is 2.31. The van der Waals surface area contributed by atoms with Crippen LogP contribution in [-0.4, -0.2) is 12.3 Å². The zero-order valence-electron chi connectivity index (χ0n) is 9.35. The van der Waals surface area contributed by atoms with Crippen molar-refractivity contribution in [1.82, 2.24) is 0 Å². The van der Waals surface area contributed by atoms with Crippen molar-refractivity contribution in [2.24, 2.45) is 4.99 Å². The van der Waals surface area contributed by atoms with Crippen LogP contribution in [0.1, 0.15) is 25.8 Å². The SMILES string of the molecule is CC(C)(c1ccccc1)C1CC=CC=N1. The van der Waals surface area contributed by atoms with Gasteiger partial charge in [0, 0.05) is 11.6 Å². The van der Waals surface area contributed by atoms with Crippen LogP contribution >= 0.6 is 0 Å². The third-order valence-electron chi connectivity index (χ3n) is 3.20. The van der Waals surface area contributed by atoms with Gasteiger partial charge in [0.15, 0.2) is 0 Å². The van der Waals surface area contributed by atoms with Gasteiger partial charge in [-0.1, -0.05) is 50.3 Å². The van der Waals surface area contributed by atoms with E-state index >= 15 is 0 Å². The Labute approximate surface area is 91.6 Å². The topological polar surface area (TPSA) is 12.4 Å². The highest BCUT2D eigenvalue weighted by Crippen LogP contribution is 2.31. The van der Waals surface area contributed by atoms with E-state index in [9.17, 15) is 0 Å². The molecule has 15 heavy (non-hydrogen) atoms. The molecule has 1 atom stereocenters. The van der Waals surface area contributed by atoms with Gasteiger partial charge in [-0.25, -0.2) is 0 Å². The lowest BCUT2D eigenvalue weighted by Gasteiger charge is -2.32. The summed E-state index contributed by atoms with van der Waals surface area (Å²) in [5, 5.41) is 0. The number of nitrogens with zero attached hydrogens (tertiary/aromatic N) is 1. The average molecular weight is 199 g/mol. The summed E-state index contributed by atoms with van der Waals surface area (Å²) < 4.78 is 0. The van der Waals surface area contributed by atoms with Crippen LogP contribution in [0, 0.1) is 0 Å². The number of hydrogen-bond acceptors (Lipinski definition) is 1. The molecule has 1 aliphatic heterocycles. The Kier molecular flexibility index (Phi) is 2.72. The standard InChI is InChI=1S/C14H17N/c1-14(2,12-8-4-3-5-9-12)13-10-6-7-11-15-13/h3-9,11,13H,10H2,1-2H3. The van der Waals surface area contributed by atoms with Gasteiger partial charge < -0.3 is 0 Å². The van der Waals surface area contributed by atoms with Gasteiger partial charge >= 0.3 is 0 Å². The Balaban J connectivity index is 2.27. The number of allylic oxidation sites excluding steroid dienone is 1. The van der Waals surface area contributed by atoms with E-state index in [1.165, 1.54) is 5.56 Å². The maximum Gasteiger partial charge on any atom is 0.0625 e. The molecule has 0 N–H and O–H groups in total. The predicted octanol–water partition coefficient (Wildman–Crippen LogP) is 3.36. The molecule has 1 nitrogen and oxygen atoms in total. The van der Waals surface area contributed by atoms with Crippen molar-refractivity contribution < 1.29 is 0 Å². The molecular formula is C14H17N. The summed E-state index contributed by atoms with van der Waals surface area (Å²) in [4.78, 5) is 4.57. The van der Waals surface area contributed by atoms with Gasteiger partial charge in [-0.3, -0.25) is 4.99 Å². The number of benzene rings is 1. The minimum atomic E-state index is 0.114. The first-order valence-corrected chi connectivity index (χ1v) is 5.45. The van der Waals surface area contributed by atoms with Gasteiger partial charge in [0.2, 0.25) is 0 Å². The quantitative estimate of drug-likeness (QED) is 0.692. The summed E-state index contributed by atoms with van der Waals surface area (Å²) in [5.74, 6) is 0. The molecule has 0 aromatic heterocycles. The van der Waals surface area contributed by atoms with E-state index < -0.39 is 0 Å². The highest BCUT2D eigenvalue weighted by atomic mass is 14.8. The van der Waals surface area contributed by atoms with Gasteiger partial charge in [0.1, 0.15) is 0 Å². The number of hydrogen-bond donors (Lipinski definition) is 0. The zero-order chi connectivity index (χ0) is 10.7. The molecule has 0 aliphatic carbocycles. The molecule has 1 aromatic carbocycles. The Morgan fingerprint density at radius 2 is 1.93 bits per heavy atom. The van der Waals surface area contributed by atoms with Gasteiger partial charge in [-0.2, -0.15) is 0 Å². The molecule has 1 heteroatoms. The van der Waals surface area contributed by atoms with Crippen molar-refractivity contribution in [1.29, 1.82) is 0 Å². The minimum Gasteiger partial charge on any atom is -0.289 e. The number of aliphatic imine (C=N–C) groups is 1. The van der Waals surface area contributed by atoms with E-state index in [0.717, 1.165) is 6.42 Å². The fourth-order valence-corrected chi connectivity index (χ4v) is 2.02. The van der Waals surface area contributed by atoms with Crippen LogP contribution in [0.2, 0.25) is 0 Å². The monoisotopic (exact) mass is 199 g/mol. The molecule has 0 fully saturated rings. The van der Waals surface area contributed by atoms with Crippen LogP contribution in [0.4, 0.5) is 0 Å². The maximum absolute atomic E-state index is 4.57. The first kappa shape index (κ1) is 10.2. The lowest BCUT2D eigenvalue weighted by atomic mass is 9.76. The molecule has 0 saturated heterocycles. The highest BCUT2D eigenvalue weighted by Gasteiger charge is 2.30. The van der Waals surface area contributed by atoms with Crippen LogP contribution < -0.4 is 0 Å².